The van der Waals surface area contributed by atoms with E-state index in [2.05, 4.69) is 52.1 Å². The van der Waals surface area contributed by atoms with Crippen LogP contribution in [0.4, 0.5) is 0 Å². The molecule has 2 rings (SSSR count). The van der Waals surface area contributed by atoms with Crippen molar-refractivity contribution in [1.29, 1.82) is 0 Å². The molecule has 0 spiro atoms. The Morgan fingerprint density at radius 3 is 2.65 bits per heavy atom. The Labute approximate surface area is 104 Å². The van der Waals surface area contributed by atoms with E-state index in [9.17, 15) is 0 Å². The topological polar surface area (TPSA) is 21.3 Å². The highest BCUT2D eigenvalue weighted by Crippen LogP contribution is 2.38. The second-order valence-corrected chi connectivity index (χ2v) is 5.46. The highest BCUT2D eigenvalue weighted by molar-refractivity contribution is 5.48. The first-order valence-corrected chi connectivity index (χ1v) is 6.52. The molecule has 1 aliphatic heterocycles. The summed E-state index contributed by atoms with van der Waals surface area (Å²) in [6.45, 7) is 10.8. The Morgan fingerprint density at radius 1 is 1.29 bits per heavy atom. The second kappa shape index (κ2) is 4.69. The van der Waals surface area contributed by atoms with Crippen molar-refractivity contribution in [3.8, 4) is 5.75 Å². The third-order valence-electron chi connectivity index (χ3n) is 3.50. The summed E-state index contributed by atoms with van der Waals surface area (Å²) in [5, 5.41) is 3.63. The number of fused-ring (bicyclic) bond motifs is 1. The van der Waals surface area contributed by atoms with E-state index in [1.807, 2.05) is 0 Å². The van der Waals surface area contributed by atoms with Gasteiger partial charge in [0.15, 0.2) is 0 Å². The SMILES string of the molecule is Cc1ccc2c(c1C)OC(C)CC2NC(C)C. The van der Waals surface area contributed by atoms with Crippen molar-refractivity contribution in [1.82, 2.24) is 5.32 Å². The van der Waals surface area contributed by atoms with E-state index < -0.39 is 0 Å². The van der Waals surface area contributed by atoms with Gasteiger partial charge >= 0.3 is 0 Å². The van der Waals surface area contributed by atoms with Crippen LogP contribution in [0.15, 0.2) is 12.1 Å². The predicted molar refractivity (Wildman–Crippen MR) is 71.6 cm³/mol. The van der Waals surface area contributed by atoms with Crippen molar-refractivity contribution < 1.29 is 4.74 Å². The summed E-state index contributed by atoms with van der Waals surface area (Å²) in [7, 11) is 0. The van der Waals surface area contributed by atoms with E-state index in [0.717, 1.165) is 12.2 Å². The Morgan fingerprint density at radius 2 is 2.00 bits per heavy atom. The molecular weight excluding hydrogens is 210 g/mol. The first-order valence-electron chi connectivity index (χ1n) is 6.52. The normalized spacial score (nSPS) is 23.4. The zero-order valence-electron chi connectivity index (χ0n) is 11.5. The van der Waals surface area contributed by atoms with Crippen molar-refractivity contribution in [3.05, 3.63) is 28.8 Å². The first kappa shape index (κ1) is 12.4. The van der Waals surface area contributed by atoms with Gasteiger partial charge in [-0.2, -0.15) is 0 Å². The number of ether oxygens (including phenoxy) is 1. The lowest BCUT2D eigenvalue weighted by molar-refractivity contribution is 0.162. The minimum atomic E-state index is 0.291. The molecule has 2 nitrogen and oxygen atoms in total. The third kappa shape index (κ3) is 2.47. The average molecular weight is 233 g/mol. The molecule has 0 fully saturated rings. The lowest BCUT2D eigenvalue weighted by Gasteiger charge is -2.33. The van der Waals surface area contributed by atoms with Crippen LogP contribution in [0.5, 0.6) is 5.75 Å². The molecule has 1 aromatic carbocycles. The van der Waals surface area contributed by atoms with Crippen LogP contribution in [0.3, 0.4) is 0 Å². The van der Waals surface area contributed by atoms with Gasteiger partial charge in [-0.3, -0.25) is 0 Å². The Bertz CT molecular complexity index is 412. The molecule has 1 aromatic rings. The molecule has 17 heavy (non-hydrogen) atoms. The number of nitrogens with one attached hydrogen (secondary N) is 1. The summed E-state index contributed by atoms with van der Waals surface area (Å²) >= 11 is 0. The maximum atomic E-state index is 6.02. The molecular formula is C15H23NO. The molecule has 0 saturated heterocycles. The summed E-state index contributed by atoms with van der Waals surface area (Å²) in [4.78, 5) is 0. The number of hydrogen-bond acceptors (Lipinski definition) is 2. The van der Waals surface area contributed by atoms with Crippen LogP contribution < -0.4 is 10.1 Å². The van der Waals surface area contributed by atoms with Crippen LogP contribution in [-0.4, -0.2) is 12.1 Å². The van der Waals surface area contributed by atoms with Crippen molar-refractivity contribution in [2.75, 3.05) is 0 Å². The van der Waals surface area contributed by atoms with Crippen molar-refractivity contribution in [2.45, 2.75) is 59.2 Å². The zero-order chi connectivity index (χ0) is 12.6. The van der Waals surface area contributed by atoms with Crippen LogP contribution in [0, 0.1) is 13.8 Å². The van der Waals surface area contributed by atoms with E-state index in [0.29, 0.717) is 18.2 Å². The quantitative estimate of drug-likeness (QED) is 0.844. The van der Waals surface area contributed by atoms with Gasteiger partial charge in [-0.25, -0.2) is 0 Å². The van der Waals surface area contributed by atoms with E-state index in [1.54, 1.807) is 0 Å². The summed E-state index contributed by atoms with van der Waals surface area (Å²) in [6.07, 6.45) is 1.34. The molecule has 1 N–H and O–H groups in total. The molecule has 0 aromatic heterocycles. The van der Waals surface area contributed by atoms with Crippen LogP contribution in [0.2, 0.25) is 0 Å². The van der Waals surface area contributed by atoms with E-state index >= 15 is 0 Å². The summed E-state index contributed by atoms with van der Waals surface area (Å²) in [6, 6.07) is 5.33. The number of benzene rings is 1. The fourth-order valence-electron chi connectivity index (χ4n) is 2.51. The highest BCUT2D eigenvalue weighted by Gasteiger charge is 2.27. The minimum absolute atomic E-state index is 0.291. The molecule has 2 heteroatoms. The lowest BCUT2D eigenvalue weighted by atomic mass is 9.92. The maximum absolute atomic E-state index is 6.02. The molecule has 1 heterocycles. The second-order valence-electron chi connectivity index (χ2n) is 5.46. The first-order chi connectivity index (χ1) is 7.99. The van der Waals surface area contributed by atoms with Gasteiger partial charge in [-0.1, -0.05) is 26.0 Å². The van der Waals surface area contributed by atoms with Gasteiger partial charge in [-0.05, 0) is 31.9 Å². The van der Waals surface area contributed by atoms with E-state index in [-0.39, 0.29) is 0 Å². The fourth-order valence-corrected chi connectivity index (χ4v) is 2.51. The largest absolute Gasteiger partial charge is 0.490 e. The molecule has 0 aliphatic carbocycles. The molecule has 2 unspecified atom stereocenters. The summed E-state index contributed by atoms with van der Waals surface area (Å²) in [5.41, 5.74) is 3.91. The van der Waals surface area contributed by atoms with Crippen LogP contribution in [-0.2, 0) is 0 Å². The van der Waals surface area contributed by atoms with Crippen LogP contribution >= 0.6 is 0 Å². The smallest absolute Gasteiger partial charge is 0.127 e. The van der Waals surface area contributed by atoms with Gasteiger partial charge in [-0.15, -0.1) is 0 Å². The van der Waals surface area contributed by atoms with E-state index in [4.69, 9.17) is 4.74 Å². The summed E-state index contributed by atoms with van der Waals surface area (Å²) in [5.74, 6) is 1.10. The Hall–Kier alpha value is -1.02. The van der Waals surface area contributed by atoms with Gasteiger partial charge in [0.25, 0.3) is 0 Å². The lowest BCUT2D eigenvalue weighted by Crippen LogP contribution is -2.35. The van der Waals surface area contributed by atoms with Crippen LogP contribution in [0.1, 0.15) is 49.9 Å². The number of aryl methyl sites for hydroxylation is 1. The average Bonchev–Trinajstić information content (AvgIpc) is 2.23. The van der Waals surface area contributed by atoms with Gasteiger partial charge in [0.2, 0.25) is 0 Å². The summed E-state index contributed by atoms with van der Waals surface area (Å²) < 4.78 is 6.02. The Kier molecular flexibility index (Phi) is 3.43. The molecule has 0 radical (unpaired) electrons. The highest BCUT2D eigenvalue weighted by atomic mass is 16.5. The predicted octanol–water partition coefficient (Wildman–Crippen LogP) is 3.51. The van der Waals surface area contributed by atoms with Crippen molar-refractivity contribution in [3.63, 3.8) is 0 Å². The fraction of sp³-hybridized carbons (Fsp3) is 0.600. The molecule has 2 atom stereocenters. The molecule has 0 amide bonds. The maximum Gasteiger partial charge on any atom is 0.127 e. The van der Waals surface area contributed by atoms with Gasteiger partial charge in [0, 0.05) is 24.1 Å². The van der Waals surface area contributed by atoms with Gasteiger partial charge in [0.1, 0.15) is 5.75 Å². The number of hydrogen-bond donors (Lipinski definition) is 1. The molecule has 1 aliphatic rings. The van der Waals surface area contributed by atoms with Crippen molar-refractivity contribution >= 4 is 0 Å². The molecule has 0 saturated carbocycles. The van der Waals surface area contributed by atoms with Gasteiger partial charge < -0.3 is 10.1 Å². The third-order valence-corrected chi connectivity index (χ3v) is 3.50. The van der Waals surface area contributed by atoms with E-state index in [1.165, 1.54) is 16.7 Å². The standard InChI is InChI=1S/C15H23NO/c1-9(2)16-14-8-11(4)17-15-12(5)10(3)6-7-13(14)15/h6-7,9,11,14,16H,8H2,1-5H3. The number of rotatable bonds is 2. The molecule has 0 bridgehead atoms. The molecule has 94 valence electrons. The Balaban J connectivity index is 2.40. The van der Waals surface area contributed by atoms with Crippen molar-refractivity contribution in [2.24, 2.45) is 0 Å². The monoisotopic (exact) mass is 233 g/mol. The zero-order valence-corrected chi connectivity index (χ0v) is 11.5. The minimum Gasteiger partial charge on any atom is -0.490 e. The van der Waals surface area contributed by atoms with Crippen LogP contribution in [0.25, 0.3) is 0 Å². The van der Waals surface area contributed by atoms with Gasteiger partial charge in [0.05, 0.1) is 6.10 Å².